The molecule has 0 aromatic heterocycles. The van der Waals surface area contributed by atoms with Gasteiger partial charge in [-0.25, -0.2) is 0 Å². The molecule has 2 aliphatic rings. The molecule has 5 heteroatoms. The van der Waals surface area contributed by atoms with Crippen molar-refractivity contribution in [3.63, 3.8) is 0 Å². The molecule has 0 radical (unpaired) electrons. The molecule has 5 nitrogen and oxygen atoms in total. The van der Waals surface area contributed by atoms with Crippen LogP contribution in [0, 0.1) is 11.8 Å². The average Bonchev–Trinajstić information content (AvgIpc) is 2.81. The number of amides is 1. The maximum atomic E-state index is 12.7. The summed E-state index contributed by atoms with van der Waals surface area (Å²) in [6, 6.07) is 16.7. The Bertz CT molecular complexity index is 850. The lowest BCUT2D eigenvalue weighted by atomic mass is 9.80. The zero-order valence-corrected chi connectivity index (χ0v) is 18.2. The van der Waals surface area contributed by atoms with Crippen molar-refractivity contribution >= 4 is 17.3 Å². The molecule has 166 valence electrons. The van der Waals surface area contributed by atoms with E-state index in [1.54, 1.807) is 0 Å². The highest BCUT2D eigenvalue weighted by Crippen LogP contribution is 2.34. The largest absolute Gasteiger partial charge is 0.396 e. The van der Waals surface area contributed by atoms with Gasteiger partial charge in [0.1, 0.15) is 0 Å². The van der Waals surface area contributed by atoms with Crippen molar-refractivity contribution in [3.05, 3.63) is 59.7 Å². The molecular formula is C26H34N2O3. The summed E-state index contributed by atoms with van der Waals surface area (Å²) in [5.74, 6) is 1.33. The van der Waals surface area contributed by atoms with Gasteiger partial charge in [0.25, 0.3) is 0 Å². The lowest BCUT2D eigenvalue weighted by molar-refractivity contribution is -0.120. The molecule has 2 aliphatic heterocycles. The summed E-state index contributed by atoms with van der Waals surface area (Å²) < 4.78 is 0. The zero-order valence-electron chi connectivity index (χ0n) is 18.2. The number of carbonyl (C=O) groups excluding carboxylic acids is 1. The molecule has 2 atom stereocenters. The van der Waals surface area contributed by atoms with Crippen molar-refractivity contribution in [3.8, 4) is 0 Å². The number of nitrogens with zero attached hydrogens (tertiary/aromatic N) is 2. The van der Waals surface area contributed by atoms with E-state index in [1.165, 1.54) is 24.1 Å². The minimum Gasteiger partial charge on any atom is -0.396 e. The Labute approximate surface area is 185 Å². The topological polar surface area (TPSA) is 64.0 Å². The number of hydrogen-bond acceptors (Lipinski definition) is 4. The van der Waals surface area contributed by atoms with E-state index in [0.717, 1.165) is 37.3 Å². The van der Waals surface area contributed by atoms with E-state index >= 15 is 0 Å². The first-order valence-electron chi connectivity index (χ1n) is 11.6. The van der Waals surface area contributed by atoms with E-state index in [9.17, 15) is 4.79 Å². The summed E-state index contributed by atoms with van der Waals surface area (Å²) in [5, 5.41) is 18.2. The molecular weight excluding hydrogens is 388 g/mol. The van der Waals surface area contributed by atoms with Crippen molar-refractivity contribution in [2.75, 3.05) is 42.6 Å². The predicted octanol–water partition coefficient (Wildman–Crippen LogP) is 3.42. The van der Waals surface area contributed by atoms with Crippen LogP contribution in [-0.2, 0) is 17.6 Å². The first kappa shape index (κ1) is 21.8. The lowest BCUT2D eigenvalue weighted by Crippen LogP contribution is -2.46. The quantitative estimate of drug-likeness (QED) is 0.718. The van der Waals surface area contributed by atoms with Gasteiger partial charge in [-0.2, -0.15) is 0 Å². The Morgan fingerprint density at radius 1 is 0.774 bits per heavy atom. The van der Waals surface area contributed by atoms with Gasteiger partial charge in [-0.05, 0) is 79.3 Å². The van der Waals surface area contributed by atoms with Gasteiger partial charge in [0.15, 0.2) is 0 Å². The maximum absolute atomic E-state index is 12.7. The number of carbonyl (C=O) groups is 1. The third kappa shape index (κ3) is 5.28. The second-order valence-corrected chi connectivity index (χ2v) is 8.93. The van der Waals surface area contributed by atoms with Gasteiger partial charge >= 0.3 is 0 Å². The molecule has 2 aromatic rings. The second kappa shape index (κ2) is 10.3. The third-order valence-electron chi connectivity index (χ3n) is 6.92. The molecule has 2 N–H and O–H groups in total. The highest BCUT2D eigenvalue weighted by Gasteiger charge is 2.34. The number of aliphatic hydroxyl groups is 2. The molecule has 2 aromatic carbocycles. The summed E-state index contributed by atoms with van der Waals surface area (Å²) in [6.07, 6.45) is 5.36. The van der Waals surface area contributed by atoms with Crippen LogP contribution in [0.2, 0.25) is 0 Å². The predicted molar refractivity (Wildman–Crippen MR) is 124 cm³/mol. The van der Waals surface area contributed by atoms with Crippen molar-refractivity contribution in [2.45, 2.75) is 38.5 Å². The fourth-order valence-electron chi connectivity index (χ4n) is 5.11. The molecule has 2 fully saturated rings. The van der Waals surface area contributed by atoms with Crippen LogP contribution in [0.15, 0.2) is 48.5 Å². The van der Waals surface area contributed by atoms with Crippen LogP contribution in [0.4, 0.5) is 11.4 Å². The van der Waals surface area contributed by atoms with E-state index in [4.69, 9.17) is 10.2 Å². The number of hydrogen-bond donors (Lipinski definition) is 2. The zero-order chi connectivity index (χ0) is 21.6. The fraction of sp³-hybridized carbons (Fsp3) is 0.500. The van der Waals surface area contributed by atoms with Crippen LogP contribution in [0.1, 0.15) is 36.8 Å². The van der Waals surface area contributed by atoms with Crippen molar-refractivity contribution in [1.29, 1.82) is 0 Å². The SMILES string of the molecule is O=C1CCC(C2CCCN(c3ccc(CCO)cc3)C2)CN1c1ccc(CCO)cc1. The summed E-state index contributed by atoms with van der Waals surface area (Å²) >= 11 is 0. The Morgan fingerprint density at radius 2 is 1.35 bits per heavy atom. The van der Waals surface area contributed by atoms with Crippen LogP contribution < -0.4 is 9.80 Å². The van der Waals surface area contributed by atoms with Gasteiger partial charge in [-0.15, -0.1) is 0 Å². The van der Waals surface area contributed by atoms with Crippen LogP contribution in [0.25, 0.3) is 0 Å². The fourth-order valence-corrected chi connectivity index (χ4v) is 5.11. The van der Waals surface area contributed by atoms with E-state index in [1.807, 2.05) is 29.2 Å². The molecule has 0 aliphatic carbocycles. The number of piperidine rings is 2. The van der Waals surface area contributed by atoms with Crippen LogP contribution in [0.5, 0.6) is 0 Å². The summed E-state index contributed by atoms with van der Waals surface area (Å²) in [5.41, 5.74) is 4.50. The maximum Gasteiger partial charge on any atom is 0.226 e. The Balaban J connectivity index is 1.41. The van der Waals surface area contributed by atoms with Gasteiger partial charge in [0.2, 0.25) is 5.91 Å². The Morgan fingerprint density at radius 3 is 1.97 bits per heavy atom. The molecule has 2 heterocycles. The van der Waals surface area contributed by atoms with Crippen molar-refractivity contribution in [1.82, 2.24) is 0 Å². The number of rotatable bonds is 7. The Hall–Kier alpha value is -2.37. The van der Waals surface area contributed by atoms with Crippen LogP contribution in [0.3, 0.4) is 0 Å². The summed E-state index contributed by atoms with van der Waals surface area (Å²) in [4.78, 5) is 17.1. The Kier molecular flexibility index (Phi) is 7.25. The smallest absolute Gasteiger partial charge is 0.226 e. The second-order valence-electron chi connectivity index (χ2n) is 8.93. The standard InChI is InChI=1S/C26H34N2O3/c29-16-13-20-3-8-24(9-4-20)27-15-1-2-22(18-27)23-7-12-26(31)28(19-23)25-10-5-21(6-11-25)14-17-30/h3-6,8-11,22-23,29-30H,1-2,7,12-19H2. The number of anilines is 2. The minimum atomic E-state index is 0.145. The first-order chi connectivity index (χ1) is 15.2. The van der Waals surface area contributed by atoms with E-state index in [-0.39, 0.29) is 19.1 Å². The molecule has 0 saturated carbocycles. The van der Waals surface area contributed by atoms with E-state index in [0.29, 0.717) is 31.1 Å². The van der Waals surface area contributed by atoms with Gasteiger partial charge in [0.05, 0.1) is 0 Å². The first-order valence-corrected chi connectivity index (χ1v) is 11.6. The number of aliphatic hydroxyl groups excluding tert-OH is 2. The van der Waals surface area contributed by atoms with Gasteiger partial charge in [-0.3, -0.25) is 4.79 Å². The molecule has 1 amide bonds. The molecule has 0 spiro atoms. The normalized spacial score (nSPS) is 22.1. The van der Waals surface area contributed by atoms with Crippen molar-refractivity contribution < 1.29 is 15.0 Å². The molecule has 4 rings (SSSR count). The van der Waals surface area contributed by atoms with E-state index < -0.39 is 0 Å². The third-order valence-corrected chi connectivity index (χ3v) is 6.92. The average molecular weight is 423 g/mol. The highest BCUT2D eigenvalue weighted by atomic mass is 16.3. The van der Waals surface area contributed by atoms with Crippen molar-refractivity contribution in [2.24, 2.45) is 11.8 Å². The lowest BCUT2D eigenvalue weighted by Gasteiger charge is -2.42. The van der Waals surface area contributed by atoms with E-state index in [2.05, 4.69) is 29.2 Å². The van der Waals surface area contributed by atoms with Gasteiger partial charge in [0, 0.05) is 50.6 Å². The number of benzene rings is 2. The highest BCUT2D eigenvalue weighted by molar-refractivity contribution is 5.94. The summed E-state index contributed by atoms with van der Waals surface area (Å²) in [7, 11) is 0. The molecule has 2 saturated heterocycles. The van der Waals surface area contributed by atoms with Crippen LogP contribution >= 0.6 is 0 Å². The molecule has 31 heavy (non-hydrogen) atoms. The van der Waals surface area contributed by atoms with Gasteiger partial charge in [-0.1, -0.05) is 24.3 Å². The molecule has 0 bridgehead atoms. The van der Waals surface area contributed by atoms with Crippen LogP contribution in [-0.4, -0.2) is 49.0 Å². The minimum absolute atomic E-state index is 0.145. The summed E-state index contributed by atoms with van der Waals surface area (Å²) in [6.45, 7) is 3.25. The van der Waals surface area contributed by atoms with Gasteiger partial charge < -0.3 is 20.0 Å². The molecule has 2 unspecified atom stereocenters. The monoisotopic (exact) mass is 422 g/mol.